The van der Waals surface area contributed by atoms with Gasteiger partial charge in [0.25, 0.3) is 0 Å². The fourth-order valence-corrected chi connectivity index (χ4v) is 4.25. The number of hydrogen-bond donors (Lipinski definition) is 1. The van der Waals surface area contributed by atoms with Crippen LogP contribution in [-0.4, -0.2) is 12.6 Å². The zero-order valence-corrected chi connectivity index (χ0v) is 13.8. The van der Waals surface area contributed by atoms with E-state index in [1.54, 1.807) is 5.57 Å². The molecule has 0 saturated heterocycles. The molecule has 0 aliphatic heterocycles. The minimum atomic E-state index is 0.691. The van der Waals surface area contributed by atoms with E-state index in [0.717, 1.165) is 18.4 Å². The molecule has 1 N–H and O–H groups in total. The topological polar surface area (TPSA) is 12.0 Å². The highest BCUT2D eigenvalue weighted by molar-refractivity contribution is 5.14. The van der Waals surface area contributed by atoms with Gasteiger partial charge in [0.05, 0.1) is 0 Å². The quantitative estimate of drug-likeness (QED) is 0.658. The molecular formula is C19H35N. The standard InChI is InChI=1S/C19H35N/c1-3-16-12-14-18(15-13-16)19(20-4-2)17-10-8-6-5-7-9-11-17/h10,16,18-20H,3-9,11-15H2,1-2H3. The second-order valence-electron chi connectivity index (χ2n) is 6.96. The second-order valence-corrected chi connectivity index (χ2v) is 6.96. The Morgan fingerprint density at radius 3 is 2.50 bits per heavy atom. The van der Waals surface area contributed by atoms with Crippen LogP contribution in [0.5, 0.6) is 0 Å². The Morgan fingerprint density at radius 2 is 1.80 bits per heavy atom. The maximum Gasteiger partial charge on any atom is 0.0307 e. The zero-order chi connectivity index (χ0) is 14.2. The normalized spacial score (nSPS) is 30.2. The van der Waals surface area contributed by atoms with Gasteiger partial charge in [-0.05, 0) is 56.9 Å². The molecule has 1 saturated carbocycles. The van der Waals surface area contributed by atoms with Crippen LogP contribution in [0.1, 0.15) is 84.5 Å². The Labute approximate surface area is 126 Å². The predicted molar refractivity (Wildman–Crippen MR) is 89.0 cm³/mol. The summed E-state index contributed by atoms with van der Waals surface area (Å²) in [5, 5.41) is 3.83. The van der Waals surface area contributed by atoms with Gasteiger partial charge >= 0.3 is 0 Å². The first-order valence-corrected chi connectivity index (χ1v) is 9.27. The number of hydrogen-bond acceptors (Lipinski definition) is 1. The molecule has 0 aromatic carbocycles. The fraction of sp³-hybridized carbons (Fsp3) is 0.895. The molecule has 20 heavy (non-hydrogen) atoms. The summed E-state index contributed by atoms with van der Waals surface area (Å²) >= 11 is 0. The van der Waals surface area contributed by atoms with Gasteiger partial charge in [0.15, 0.2) is 0 Å². The Balaban J connectivity index is 1.98. The van der Waals surface area contributed by atoms with Crippen molar-refractivity contribution in [1.29, 1.82) is 0 Å². The van der Waals surface area contributed by atoms with Gasteiger partial charge in [-0.15, -0.1) is 0 Å². The summed E-state index contributed by atoms with van der Waals surface area (Å²) in [6.07, 6.45) is 18.2. The molecule has 2 rings (SSSR count). The Kier molecular flexibility index (Phi) is 7.13. The first-order chi connectivity index (χ1) is 9.85. The minimum absolute atomic E-state index is 0.691. The third-order valence-corrected chi connectivity index (χ3v) is 5.59. The Hall–Kier alpha value is -0.300. The smallest absolute Gasteiger partial charge is 0.0307 e. The third-order valence-electron chi connectivity index (χ3n) is 5.59. The van der Waals surface area contributed by atoms with E-state index in [4.69, 9.17) is 0 Å². The van der Waals surface area contributed by atoms with Gasteiger partial charge in [-0.1, -0.05) is 57.6 Å². The fourth-order valence-electron chi connectivity index (χ4n) is 4.25. The van der Waals surface area contributed by atoms with Crippen molar-refractivity contribution in [3.05, 3.63) is 11.6 Å². The molecule has 1 atom stereocenters. The van der Waals surface area contributed by atoms with Crippen LogP contribution in [-0.2, 0) is 0 Å². The van der Waals surface area contributed by atoms with E-state index in [1.165, 1.54) is 70.6 Å². The average molecular weight is 277 g/mol. The summed E-state index contributed by atoms with van der Waals surface area (Å²) in [5.74, 6) is 1.92. The minimum Gasteiger partial charge on any atom is -0.310 e. The summed E-state index contributed by atoms with van der Waals surface area (Å²) in [6.45, 7) is 5.76. The number of nitrogens with one attached hydrogen (secondary N) is 1. The molecule has 2 aliphatic carbocycles. The van der Waals surface area contributed by atoms with E-state index < -0.39 is 0 Å². The van der Waals surface area contributed by atoms with E-state index >= 15 is 0 Å². The Bertz CT molecular complexity index is 286. The predicted octanol–water partition coefficient (Wildman–Crippen LogP) is 5.46. The highest BCUT2D eigenvalue weighted by atomic mass is 14.9. The second kappa shape index (κ2) is 8.87. The lowest BCUT2D eigenvalue weighted by atomic mass is 9.75. The van der Waals surface area contributed by atoms with E-state index in [-0.39, 0.29) is 0 Å². The summed E-state index contributed by atoms with van der Waals surface area (Å²) in [4.78, 5) is 0. The van der Waals surface area contributed by atoms with Crippen LogP contribution < -0.4 is 5.32 Å². The summed E-state index contributed by atoms with van der Waals surface area (Å²) in [6, 6.07) is 0.691. The van der Waals surface area contributed by atoms with E-state index in [1.807, 2.05) is 0 Å². The van der Waals surface area contributed by atoms with Crippen LogP contribution in [0.4, 0.5) is 0 Å². The van der Waals surface area contributed by atoms with Gasteiger partial charge < -0.3 is 5.32 Å². The zero-order valence-electron chi connectivity index (χ0n) is 13.8. The van der Waals surface area contributed by atoms with Crippen LogP contribution in [0.25, 0.3) is 0 Å². The molecule has 1 fully saturated rings. The maximum absolute atomic E-state index is 3.83. The van der Waals surface area contributed by atoms with E-state index in [0.29, 0.717) is 6.04 Å². The molecule has 0 heterocycles. The molecule has 116 valence electrons. The van der Waals surface area contributed by atoms with Gasteiger partial charge in [-0.25, -0.2) is 0 Å². The first-order valence-electron chi connectivity index (χ1n) is 9.27. The SMILES string of the molecule is CCNC(C1=CCCCCCC1)C1CCC(CC)CC1. The van der Waals surface area contributed by atoms with Crippen molar-refractivity contribution in [3.8, 4) is 0 Å². The van der Waals surface area contributed by atoms with Crippen molar-refractivity contribution >= 4 is 0 Å². The maximum atomic E-state index is 3.83. The van der Waals surface area contributed by atoms with Crippen LogP contribution >= 0.6 is 0 Å². The van der Waals surface area contributed by atoms with Crippen LogP contribution in [0, 0.1) is 11.8 Å². The number of allylic oxidation sites excluding steroid dienone is 1. The van der Waals surface area contributed by atoms with Crippen molar-refractivity contribution in [2.75, 3.05) is 6.54 Å². The van der Waals surface area contributed by atoms with Gasteiger partial charge in [-0.2, -0.15) is 0 Å². The molecule has 1 nitrogen and oxygen atoms in total. The lowest BCUT2D eigenvalue weighted by molar-refractivity contribution is 0.231. The lowest BCUT2D eigenvalue weighted by Gasteiger charge is -2.36. The summed E-state index contributed by atoms with van der Waals surface area (Å²) in [7, 11) is 0. The molecule has 1 heteroatoms. The lowest BCUT2D eigenvalue weighted by Crippen LogP contribution is -2.39. The third kappa shape index (κ3) is 4.62. The molecule has 1 unspecified atom stereocenters. The molecule has 0 spiro atoms. The van der Waals surface area contributed by atoms with Gasteiger partial charge in [0.1, 0.15) is 0 Å². The van der Waals surface area contributed by atoms with Crippen LogP contribution in [0.3, 0.4) is 0 Å². The highest BCUT2D eigenvalue weighted by Crippen LogP contribution is 2.35. The molecule has 0 amide bonds. The van der Waals surface area contributed by atoms with Gasteiger partial charge in [-0.3, -0.25) is 0 Å². The van der Waals surface area contributed by atoms with Crippen LogP contribution in [0.15, 0.2) is 11.6 Å². The number of rotatable bonds is 5. The van der Waals surface area contributed by atoms with E-state index in [9.17, 15) is 0 Å². The van der Waals surface area contributed by atoms with Crippen molar-refractivity contribution in [1.82, 2.24) is 5.32 Å². The molecule has 0 bridgehead atoms. The monoisotopic (exact) mass is 277 g/mol. The molecule has 0 aromatic heterocycles. The Morgan fingerprint density at radius 1 is 1.05 bits per heavy atom. The number of likely N-dealkylation sites (N-methyl/N-ethyl adjacent to an activating group) is 1. The van der Waals surface area contributed by atoms with Crippen molar-refractivity contribution in [2.45, 2.75) is 90.5 Å². The molecular weight excluding hydrogens is 242 g/mol. The van der Waals surface area contributed by atoms with Gasteiger partial charge in [0, 0.05) is 6.04 Å². The van der Waals surface area contributed by atoms with Gasteiger partial charge in [0.2, 0.25) is 0 Å². The molecule has 0 aromatic rings. The summed E-state index contributed by atoms with van der Waals surface area (Å²) < 4.78 is 0. The highest BCUT2D eigenvalue weighted by Gasteiger charge is 2.28. The van der Waals surface area contributed by atoms with Crippen molar-refractivity contribution in [2.24, 2.45) is 11.8 Å². The van der Waals surface area contributed by atoms with Crippen molar-refractivity contribution in [3.63, 3.8) is 0 Å². The summed E-state index contributed by atoms with van der Waals surface area (Å²) in [5.41, 5.74) is 1.76. The van der Waals surface area contributed by atoms with Crippen molar-refractivity contribution < 1.29 is 0 Å². The van der Waals surface area contributed by atoms with E-state index in [2.05, 4.69) is 25.2 Å². The molecule has 2 aliphatic rings. The van der Waals surface area contributed by atoms with Crippen LogP contribution in [0.2, 0.25) is 0 Å². The first kappa shape index (κ1) is 16.1. The largest absolute Gasteiger partial charge is 0.310 e. The molecule has 0 radical (unpaired) electrons. The average Bonchev–Trinajstić information content (AvgIpc) is 2.45.